The summed E-state index contributed by atoms with van der Waals surface area (Å²) in [7, 11) is -2.41. The van der Waals surface area contributed by atoms with Gasteiger partial charge in [0.2, 0.25) is 53.2 Å². The van der Waals surface area contributed by atoms with Gasteiger partial charge in [0.25, 0.3) is 0 Å². The molecule has 5 aromatic rings. The third-order valence-corrected chi connectivity index (χ3v) is 21.6. The van der Waals surface area contributed by atoms with Gasteiger partial charge in [0, 0.05) is 98.2 Å². The van der Waals surface area contributed by atoms with Crippen LogP contribution in [0.25, 0.3) is 10.9 Å². The summed E-state index contributed by atoms with van der Waals surface area (Å²) in [4.78, 5) is 188. The van der Waals surface area contributed by atoms with Crippen molar-refractivity contribution < 1.29 is 86.6 Å². The second-order valence-electron chi connectivity index (χ2n) is 28.2. The maximum absolute atomic E-state index is 15.3. The lowest BCUT2D eigenvalue weighted by Gasteiger charge is -2.32. The Labute approximate surface area is 615 Å². The number of primary amides is 1. The van der Waals surface area contributed by atoms with Crippen molar-refractivity contribution in [2.24, 2.45) is 41.2 Å². The fourth-order valence-corrected chi connectivity index (χ4v) is 15.0. The van der Waals surface area contributed by atoms with E-state index < -0.39 is 206 Å². The number of Topliss-reactive ketones (excluding diaryl/α,β-unsaturated/α-hetero) is 4. The molecule has 28 nitrogen and oxygen atoms in total. The molecule has 1 saturated heterocycles. The number of fused-ring (bicyclic) bond motifs is 7. The molecule has 564 valence electrons. The molecular formula is C77H92N10O18S. The van der Waals surface area contributed by atoms with Crippen LogP contribution in [-0.2, 0) is 99.1 Å². The van der Waals surface area contributed by atoms with Crippen LogP contribution in [0.5, 0.6) is 5.75 Å². The fraction of sp³-hybridized carbons (Fsp3) is 0.468. The molecule has 29 heteroatoms. The van der Waals surface area contributed by atoms with E-state index in [9.17, 15) is 77.6 Å². The number of aromatic amines is 1. The molecule has 2 bridgehead atoms. The van der Waals surface area contributed by atoms with Gasteiger partial charge in [0.15, 0.2) is 17.3 Å². The number of benzene rings is 4. The van der Waals surface area contributed by atoms with E-state index in [4.69, 9.17) is 10.5 Å². The molecule has 0 radical (unpaired) electrons. The number of ketones is 4. The van der Waals surface area contributed by atoms with E-state index in [2.05, 4.69) is 48.7 Å². The molecule has 4 aliphatic heterocycles. The van der Waals surface area contributed by atoms with Crippen LogP contribution in [0.3, 0.4) is 0 Å². The van der Waals surface area contributed by atoms with Crippen LogP contribution in [0.15, 0.2) is 96.0 Å². The highest BCUT2D eigenvalue weighted by Crippen LogP contribution is 2.34. The number of rotatable bonds is 21. The summed E-state index contributed by atoms with van der Waals surface area (Å²) in [5.41, 5.74) is 10.3. The van der Waals surface area contributed by atoms with E-state index in [1.165, 1.54) is 6.92 Å². The lowest BCUT2D eigenvalue weighted by molar-refractivity contribution is -0.145. The smallest absolute Gasteiger partial charge is 0.243 e. The molecule has 1 fully saturated rings. The zero-order valence-corrected chi connectivity index (χ0v) is 60.8. The van der Waals surface area contributed by atoms with Crippen molar-refractivity contribution in [1.82, 2.24) is 41.8 Å². The first-order valence-electron chi connectivity index (χ1n) is 35.6. The van der Waals surface area contributed by atoms with Crippen LogP contribution in [0, 0.1) is 47.3 Å². The number of anilines is 1. The molecule has 106 heavy (non-hydrogen) atoms. The van der Waals surface area contributed by atoms with Gasteiger partial charge in [-0.1, -0.05) is 107 Å². The zero-order valence-electron chi connectivity index (χ0n) is 60.0. The summed E-state index contributed by atoms with van der Waals surface area (Å²) >= 11 is 0. The number of hydrogen-bond donors (Lipinski definition) is 11. The number of aromatic nitrogens is 1. The van der Waals surface area contributed by atoms with Crippen LogP contribution in [0.2, 0.25) is 0 Å². The molecule has 0 aliphatic carbocycles. The molecule has 1 aromatic heterocycles. The average molecular weight is 1480 g/mol. The molecule has 0 spiro atoms. The quantitative estimate of drug-likeness (QED) is 0.0466. The van der Waals surface area contributed by atoms with Gasteiger partial charge in [-0.25, -0.2) is 0 Å². The number of H-pyrrole nitrogens is 1. The average Bonchev–Trinajstić information content (AvgIpc) is 1.48. The van der Waals surface area contributed by atoms with E-state index in [0.29, 0.717) is 34.2 Å². The second-order valence-corrected chi connectivity index (χ2v) is 29.6. The molecule has 2 unspecified atom stereocenters. The van der Waals surface area contributed by atoms with Crippen LogP contribution < -0.4 is 47.3 Å². The van der Waals surface area contributed by atoms with Crippen LogP contribution >= 0.6 is 0 Å². The van der Waals surface area contributed by atoms with Gasteiger partial charge in [-0.05, 0) is 77.8 Å². The minimum absolute atomic E-state index is 0.0304. The number of carbonyl (C=O) groups excluding carboxylic acids is 13. The number of nitrogens with one attached hydrogen (secondary N) is 7. The summed E-state index contributed by atoms with van der Waals surface area (Å²) in [6.45, 7) is 7.26. The fourth-order valence-electron chi connectivity index (χ4n) is 13.6. The van der Waals surface area contributed by atoms with E-state index in [-0.39, 0.29) is 84.1 Å². The number of amides is 9. The molecule has 4 aromatic carbocycles. The summed E-state index contributed by atoms with van der Waals surface area (Å²) in [5.74, 6) is -9.94. The second kappa shape index (κ2) is 36.1. The van der Waals surface area contributed by atoms with Crippen LogP contribution in [0.1, 0.15) is 126 Å². The van der Waals surface area contributed by atoms with Crippen molar-refractivity contribution >= 4 is 104 Å². The Balaban J connectivity index is 0.939. The molecular weight excluding hydrogens is 1380 g/mol. The van der Waals surface area contributed by atoms with Crippen molar-refractivity contribution in [1.29, 1.82) is 0 Å². The summed E-state index contributed by atoms with van der Waals surface area (Å²) < 4.78 is 21.6. The normalized spacial score (nSPS) is 22.8. The Morgan fingerprint density at radius 3 is 2.13 bits per heavy atom. The maximum atomic E-state index is 15.3. The highest BCUT2D eigenvalue weighted by atomic mass is 32.2. The van der Waals surface area contributed by atoms with E-state index in [0.717, 1.165) is 16.0 Å². The number of aliphatic hydroxyl groups excluding tert-OH is 3. The van der Waals surface area contributed by atoms with Crippen molar-refractivity contribution in [2.45, 2.75) is 166 Å². The third-order valence-electron chi connectivity index (χ3n) is 20.1. The predicted molar refractivity (Wildman–Crippen MR) is 387 cm³/mol. The zero-order chi connectivity index (χ0) is 76.8. The molecule has 9 amide bonds. The van der Waals surface area contributed by atoms with Crippen molar-refractivity contribution in [3.63, 3.8) is 0 Å². The molecule has 0 saturated carbocycles. The van der Waals surface area contributed by atoms with Crippen LogP contribution in [0.4, 0.5) is 5.69 Å². The number of carbonyl (C=O) groups is 13. The molecule has 13 atom stereocenters. The molecule has 12 N–H and O–H groups in total. The van der Waals surface area contributed by atoms with Gasteiger partial charge in [-0.2, -0.15) is 0 Å². The van der Waals surface area contributed by atoms with E-state index in [1.807, 2.05) is 62.4 Å². The number of aliphatic hydroxyl groups is 3. The van der Waals surface area contributed by atoms with Crippen molar-refractivity contribution in [3.05, 3.63) is 124 Å². The minimum atomic E-state index is -2.41. The number of nitrogens with zero attached hydrogens (tertiary/aromatic N) is 2. The number of hydrogen-bond acceptors (Lipinski definition) is 18. The highest BCUT2D eigenvalue weighted by molar-refractivity contribution is 7.85. The largest absolute Gasteiger partial charge is 0.489 e. The van der Waals surface area contributed by atoms with Gasteiger partial charge >= 0.3 is 0 Å². The van der Waals surface area contributed by atoms with Crippen molar-refractivity contribution in [3.8, 4) is 17.6 Å². The van der Waals surface area contributed by atoms with Gasteiger partial charge in [-0.15, -0.1) is 0 Å². The lowest BCUT2D eigenvalue weighted by atomic mass is 9.85. The first kappa shape index (κ1) is 79.8. The Kier molecular flexibility index (Phi) is 27.2. The maximum Gasteiger partial charge on any atom is 0.243 e. The molecule has 4 aliphatic rings. The van der Waals surface area contributed by atoms with Gasteiger partial charge in [0.05, 0.1) is 90.2 Å². The number of ether oxygens (including phenoxy) is 1. The monoisotopic (exact) mass is 1480 g/mol. The number of nitrogens with two attached hydrogens (primary N) is 1. The van der Waals surface area contributed by atoms with E-state index in [1.54, 1.807) is 68.1 Å². The molecule has 5 heterocycles. The Morgan fingerprint density at radius 1 is 0.764 bits per heavy atom. The predicted octanol–water partition coefficient (Wildman–Crippen LogP) is 1.71. The topological polar surface area (TPSA) is 429 Å². The van der Waals surface area contributed by atoms with Crippen LogP contribution in [-0.4, -0.2) is 180 Å². The first-order valence-corrected chi connectivity index (χ1v) is 37.0. The first-order chi connectivity index (χ1) is 50.5. The SMILES string of the molecule is CC[C@H](C)[C@@H]1NC(=O)CNC(=O)[C@H]2CC(=O)[C@H]([C@@H](C)[C@@H](O)CO)NC(=O)[C@@H]3C[C@@H](O)CN3C(=O)[C@H](CC(N)=O)CC(=O)[C@H](CS(=O)c3[nH]c4cc(OCc5ccc(CC(=O)[C@H](C)NC(=O)C(CC(=O)CCC(=O)N6Cc7ccccc7C#Cc7ccccc76)C(C)C)cc5)ccc4c3C2)NC(=O)CNC1=O. The molecule has 9 rings (SSSR count). The number of para-hydroxylation sites is 1. The Bertz CT molecular complexity index is 4300. The van der Waals surface area contributed by atoms with Crippen molar-refractivity contribution in [2.75, 3.05) is 36.9 Å². The Hall–Kier alpha value is -10.3. The third kappa shape index (κ3) is 20.2. The summed E-state index contributed by atoms with van der Waals surface area (Å²) in [6, 6.07) is 19.3. The van der Waals surface area contributed by atoms with Gasteiger partial charge < -0.3 is 72.5 Å². The van der Waals surface area contributed by atoms with E-state index >= 15 is 4.21 Å². The summed E-state index contributed by atoms with van der Waals surface area (Å²) in [6.07, 6.45) is -6.28. The summed E-state index contributed by atoms with van der Waals surface area (Å²) in [5, 5.41) is 47.8. The minimum Gasteiger partial charge on any atom is -0.489 e. The standard InChI is InChI=1S/C77H92N10O18S/c1-7-42(4)70-75(102)80-34-67(96)82-59-40-106(104)76-57(27-50(72(99)79-35-68(97)84-70)28-64(93)71(43(5)65(94)38-88)85-74(101)61-32-53(90)37-87(61)77(103)51(29-63(59)92)30-66(78)95)55-24-23-54(33-58(55)83-76)105-39-46-18-16-45(17-19-46)26-62(91)44(6)81-73(100)56(41(2)3)31-52(89)22-25-69(98)86-36-49-14-9-8-12-47(49)20-21-48-13-10-11-15-60(48)86/h8-19,23-24,33,41-44,50-51,53,56,59,61,65,70-71,83,88,90,94H,7,22,25-32,34-40H2,1-6H3,(H2,78,95)(H,79,99)(H,80,102)(H,81,100)(H,82,96)(H,84,97)(H,85,101)/t42-,43-,44-,50+,51-,53+,56?,59-,61-,65-,70-,71-,106?/m0/s1. The lowest BCUT2D eigenvalue weighted by Crippen LogP contribution is -2.56. The van der Waals surface area contributed by atoms with Gasteiger partial charge in [-0.3, -0.25) is 66.5 Å². The Morgan fingerprint density at radius 2 is 1.43 bits per heavy atom. The van der Waals surface area contributed by atoms with Gasteiger partial charge in [0.1, 0.15) is 35.2 Å². The highest BCUT2D eigenvalue weighted by Gasteiger charge is 2.45.